The second-order valence-corrected chi connectivity index (χ2v) is 4.99. The summed E-state index contributed by atoms with van der Waals surface area (Å²) in [4.78, 5) is 21.3. The number of nitro groups is 1. The summed E-state index contributed by atoms with van der Waals surface area (Å²) < 4.78 is 5.33. The molecule has 0 aromatic heterocycles. The number of nitro benzene ring substituents is 1. The van der Waals surface area contributed by atoms with Crippen molar-refractivity contribution in [2.24, 2.45) is 0 Å². The van der Waals surface area contributed by atoms with Gasteiger partial charge in [0.2, 0.25) is 0 Å². The van der Waals surface area contributed by atoms with Crippen molar-refractivity contribution in [3.63, 3.8) is 0 Å². The summed E-state index contributed by atoms with van der Waals surface area (Å²) in [5.74, 6) is -0.271. The normalized spacial score (nSPS) is 22.1. The molecule has 1 aliphatic carbocycles. The van der Waals surface area contributed by atoms with Crippen LogP contribution in [0.4, 0.5) is 11.4 Å². The molecule has 2 rings (SSSR count). The Balaban J connectivity index is 2.02. The summed E-state index contributed by atoms with van der Waals surface area (Å²) in [6.07, 6.45) is 3.79. The molecule has 1 aliphatic rings. The first-order valence-corrected chi connectivity index (χ1v) is 6.74. The molecular weight excluding hydrogens is 260 g/mol. The maximum atomic E-state index is 11.1. The van der Waals surface area contributed by atoms with Gasteiger partial charge in [-0.3, -0.25) is 14.9 Å². The molecule has 6 nitrogen and oxygen atoms in total. The highest BCUT2D eigenvalue weighted by Gasteiger charge is 2.27. The lowest BCUT2D eigenvalue weighted by Crippen LogP contribution is -2.39. The summed E-state index contributed by atoms with van der Waals surface area (Å²) in [6.45, 7) is 1.41. The van der Waals surface area contributed by atoms with E-state index >= 15 is 0 Å². The first-order chi connectivity index (χ1) is 9.56. The van der Waals surface area contributed by atoms with Crippen LogP contribution in [-0.4, -0.2) is 23.0 Å². The highest BCUT2D eigenvalue weighted by atomic mass is 16.6. The van der Waals surface area contributed by atoms with Crippen LogP contribution >= 0.6 is 0 Å². The smallest absolute Gasteiger partial charge is 0.302 e. The van der Waals surface area contributed by atoms with E-state index in [1.807, 2.05) is 0 Å². The molecule has 0 unspecified atom stereocenters. The van der Waals surface area contributed by atoms with Crippen LogP contribution in [0.3, 0.4) is 0 Å². The number of nitrogens with one attached hydrogen (secondary N) is 1. The average molecular weight is 278 g/mol. The van der Waals surface area contributed by atoms with Gasteiger partial charge in [-0.1, -0.05) is 6.42 Å². The third-order valence-corrected chi connectivity index (χ3v) is 3.45. The van der Waals surface area contributed by atoms with Gasteiger partial charge in [0, 0.05) is 24.7 Å². The summed E-state index contributed by atoms with van der Waals surface area (Å²) in [7, 11) is 0. The largest absolute Gasteiger partial charge is 0.460 e. The monoisotopic (exact) mass is 278 g/mol. The zero-order valence-electron chi connectivity index (χ0n) is 11.4. The fourth-order valence-corrected chi connectivity index (χ4v) is 2.51. The van der Waals surface area contributed by atoms with Gasteiger partial charge in [0.05, 0.1) is 11.0 Å². The quantitative estimate of drug-likeness (QED) is 0.520. The number of non-ortho nitro benzene ring substituents is 1. The molecule has 20 heavy (non-hydrogen) atoms. The van der Waals surface area contributed by atoms with Crippen LogP contribution in [0.15, 0.2) is 24.3 Å². The Morgan fingerprint density at radius 2 is 1.95 bits per heavy atom. The maximum absolute atomic E-state index is 11.1. The van der Waals surface area contributed by atoms with Gasteiger partial charge in [-0.25, -0.2) is 0 Å². The van der Waals surface area contributed by atoms with Crippen molar-refractivity contribution >= 4 is 17.3 Å². The number of ether oxygens (including phenoxy) is 1. The number of nitrogens with zero attached hydrogens (tertiary/aromatic N) is 1. The standard InChI is InChI=1S/C14H18N2O4/c1-10(17)20-14-5-3-2-4-13(14)15-11-6-8-12(9-7-11)16(18)19/h6-9,13-15H,2-5H2,1H3/t13-,14-/m1/s1. The Hall–Kier alpha value is -2.11. The molecule has 6 heteroatoms. The summed E-state index contributed by atoms with van der Waals surface area (Å²) in [5.41, 5.74) is 0.871. The van der Waals surface area contributed by atoms with Crippen LogP contribution in [0.5, 0.6) is 0 Å². The van der Waals surface area contributed by atoms with E-state index in [4.69, 9.17) is 4.74 Å². The van der Waals surface area contributed by atoms with Gasteiger partial charge in [-0.2, -0.15) is 0 Å². The van der Waals surface area contributed by atoms with E-state index in [2.05, 4.69) is 5.32 Å². The predicted molar refractivity (Wildman–Crippen MR) is 74.5 cm³/mol. The lowest BCUT2D eigenvalue weighted by atomic mass is 9.92. The number of anilines is 1. The molecular formula is C14H18N2O4. The summed E-state index contributed by atoms with van der Waals surface area (Å²) in [6, 6.07) is 6.35. The summed E-state index contributed by atoms with van der Waals surface area (Å²) >= 11 is 0. The van der Waals surface area contributed by atoms with Crippen LogP contribution in [0, 0.1) is 10.1 Å². The van der Waals surface area contributed by atoms with Crippen LogP contribution in [0.1, 0.15) is 32.6 Å². The molecule has 0 aliphatic heterocycles. The minimum Gasteiger partial charge on any atom is -0.460 e. The second kappa shape index (κ2) is 6.36. The van der Waals surface area contributed by atoms with E-state index in [1.54, 1.807) is 12.1 Å². The molecule has 0 spiro atoms. The zero-order chi connectivity index (χ0) is 14.5. The topological polar surface area (TPSA) is 81.5 Å². The number of hydrogen-bond acceptors (Lipinski definition) is 5. The SMILES string of the molecule is CC(=O)O[C@@H]1CCCC[C@H]1Nc1ccc([N+](=O)[O-])cc1. The molecule has 0 bridgehead atoms. The molecule has 108 valence electrons. The summed E-state index contributed by atoms with van der Waals surface area (Å²) in [5, 5.41) is 13.9. The third-order valence-electron chi connectivity index (χ3n) is 3.45. The van der Waals surface area contributed by atoms with Crippen LogP contribution < -0.4 is 5.32 Å². The number of hydrogen-bond donors (Lipinski definition) is 1. The van der Waals surface area contributed by atoms with Gasteiger partial charge in [0.25, 0.3) is 5.69 Å². The van der Waals surface area contributed by atoms with Crippen molar-refractivity contribution < 1.29 is 14.5 Å². The van der Waals surface area contributed by atoms with E-state index in [0.717, 1.165) is 31.4 Å². The lowest BCUT2D eigenvalue weighted by molar-refractivity contribution is -0.384. The van der Waals surface area contributed by atoms with E-state index in [9.17, 15) is 14.9 Å². The van der Waals surface area contributed by atoms with Crippen molar-refractivity contribution in [2.75, 3.05) is 5.32 Å². The zero-order valence-corrected chi connectivity index (χ0v) is 11.4. The van der Waals surface area contributed by atoms with Crippen molar-refractivity contribution in [3.8, 4) is 0 Å². The first-order valence-electron chi connectivity index (χ1n) is 6.74. The highest BCUT2D eigenvalue weighted by molar-refractivity contribution is 5.66. The molecule has 0 amide bonds. The Kier molecular flexibility index (Phi) is 4.55. The van der Waals surface area contributed by atoms with Crippen molar-refractivity contribution in [3.05, 3.63) is 34.4 Å². The minimum atomic E-state index is -0.425. The first kappa shape index (κ1) is 14.3. The maximum Gasteiger partial charge on any atom is 0.302 e. The van der Waals surface area contributed by atoms with Gasteiger partial charge in [-0.05, 0) is 31.4 Å². The number of carbonyl (C=O) groups excluding carboxylic acids is 1. The van der Waals surface area contributed by atoms with Crippen LogP contribution in [-0.2, 0) is 9.53 Å². The second-order valence-electron chi connectivity index (χ2n) is 4.99. The molecule has 0 radical (unpaired) electrons. The number of rotatable bonds is 4. The molecule has 1 N–H and O–H groups in total. The Morgan fingerprint density at radius 1 is 1.30 bits per heavy atom. The van der Waals surface area contributed by atoms with Crippen molar-refractivity contribution in [1.29, 1.82) is 0 Å². The van der Waals surface area contributed by atoms with E-state index in [-0.39, 0.29) is 23.8 Å². The Morgan fingerprint density at radius 3 is 2.55 bits per heavy atom. The molecule has 1 fully saturated rings. The third kappa shape index (κ3) is 3.69. The van der Waals surface area contributed by atoms with Crippen LogP contribution in [0.2, 0.25) is 0 Å². The van der Waals surface area contributed by atoms with Crippen LogP contribution in [0.25, 0.3) is 0 Å². The minimum absolute atomic E-state index is 0.0640. The van der Waals surface area contributed by atoms with E-state index in [1.165, 1.54) is 19.1 Å². The predicted octanol–water partition coefficient (Wildman–Crippen LogP) is 2.88. The van der Waals surface area contributed by atoms with Gasteiger partial charge < -0.3 is 10.1 Å². The molecule has 2 atom stereocenters. The molecule has 1 aromatic carbocycles. The lowest BCUT2D eigenvalue weighted by Gasteiger charge is -2.32. The Labute approximate surface area is 117 Å². The molecule has 0 heterocycles. The van der Waals surface area contributed by atoms with Crippen molar-refractivity contribution in [2.45, 2.75) is 44.8 Å². The van der Waals surface area contributed by atoms with Gasteiger partial charge in [-0.15, -0.1) is 0 Å². The Bertz CT molecular complexity index is 486. The fourth-order valence-electron chi connectivity index (χ4n) is 2.51. The van der Waals surface area contributed by atoms with Gasteiger partial charge in [0.15, 0.2) is 0 Å². The number of benzene rings is 1. The molecule has 1 saturated carbocycles. The van der Waals surface area contributed by atoms with Crippen molar-refractivity contribution in [1.82, 2.24) is 0 Å². The van der Waals surface area contributed by atoms with Gasteiger partial charge >= 0.3 is 5.97 Å². The number of esters is 1. The fraction of sp³-hybridized carbons (Fsp3) is 0.500. The molecule has 0 saturated heterocycles. The molecule has 1 aromatic rings. The van der Waals surface area contributed by atoms with E-state index < -0.39 is 4.92 Å². The average Bonchev–Trinajstić information content (AvgIpc) is 2.41. The van der Waals surface area contributed by atoms with Gasteiger partial charge in [0.1, 0.15) is 6.10 Å². The van der Waals surface area contributed by atoms with E-state index in [0.29, 0.717) is 0 Å². The highest BCUT2D eigenvalue weighted by Crippen LogP contribution is 2.25. The number of carbonyl (C=O) groups is 1.